The van der Waals surface area contributed by atoms with Crippen LogP contribution in [0.5, 0.6) is 5.75 Å². The molecule has 122 valence electrons. The van der Waals surface area contributed by atoms with E-state index in [1.54, 1.807) is 0 Å². The molecular weight excluding hydrogens is 302 g/mol. The van der Waals surface area contributed by atoms with Crippen molar-refractivity contribution < 1.29 is 39.9 Å². The molecule has 1 fully saturated rings. The SMILES string of the molecule is O=C(O)[C@@H]1O[C@H](Oc2ccc(N([O-])O)cc2)[C@@H](O)[C@@H](O)[C@@H]1O. The first kappa shape index (κ1) is 16.4. The van der Waals surface area contributed by atoms with Crippen molar-refractivity contribution in [2.45, 2.75) is 30.7 Å². The Morgan fingerprint density at radius 2 is 1.73 bits per heavy atom. The molecular formula is C12H14NO9-. The summed E-state index contributed by atoms with van der Waals surface area (Å²) in [4.78, 5) is 10.9. The van der Waals surface area contributed by atoms with Gasteiger partial charge in [-0.3, -0.25) is 5.21 Å². The van der Waals surface area contributed by atoms with Gasteiger partial charge >= 0.3 is 5.97 Å². The Bertz CT molecular complexity index is 520. The number of ether oxygens (including phenoxy) is 2. The summed E-state index contributed by atoms with van der Waals surface area (Å²) in [6.45, 7) is 0. The smallest absolute Gasteiger partial charge is 0.335 e. The highest BCUT2D eigenvalue weighted by atomic mass is 16.8. The summed E-state index contributed by atoms with van der Waals surface area (Å²) in [6.07, 6.45) is -8.56. The third-order valence-corrected chi connectivity index (χ3v) is 3.12. The van der Waals surface area contributed by atoms with Gasteiger partial charge in [-0.2, -0.15) is 0 Å². The van der Waals surface area contributed by atoms with Crippen LogP contribution in [0, 0.1) is 5.21 Å². The van der Waals surface area contributed by atoms with E-state index in [0.29, 0.717) is 0 Å². The molecule has 5 atom stereocenters. The zero-order valence-electron chi connectivity index (χ0n) is 11.0. The summed E-state index contributed by atoms with van der Waals surface area (Å²) in [5.41, 5.74) is -0.0728. The molecule has 0 aliphatic carbocycles. The molecule has 2 rings (SSSR count). The monoisotopic (exact) mass is 316 g/mol. The molecule has 0 bridgehead atoms. The molecule has 0 unspecified atom stereocenters. The number of hydrogen-bond donors (Lipinski definition) is 5. The molecule has 0 amide bonds. The molecule has 1 aromatic carbocycles. The number of nitrogens with zero attached hydrogens (tertiary/aromatic N) is 1. The lowest BCUT2D eigenvalue weighted by Gasteiger charge is -2.38. The zero-order valence-corrected chi connectivity index (χ0v) is 11.0. The summed E-state index contributed by atoms with van der Waals surface area (Å²) in [5.74, 6) is -1.44. The predicted octanol–water partition coefficient (Wildman–Crippen LogP) is -1.35. The lowest BCUT2D eigenvalue weighted by molar-refractivity contribution is -0.271. The summed E-state index contributed by atoms with van der Waals surface area (Å²) in [6, 6.07) is 4.94. The van der Waals surface area contributed by atoms with Crippen molar-refractivity contribution >= 4 is 11.7 Å². The first-order valence-corrected chi connectivity index (χ1v) is 6.16. The van der Waals surface area contributed by atoms with Crippen LogP contribution < -0.4 is 9.96 Å². The third kappa shape index (κ3) is 3.27. The van der Waals surface area contributed by atoms with Gasteiger partial charge in [-0.1, -0.05) is 0 Å². The van der Waals surface area contributed by atoms with E-state index in [2.05, 4.69) is 0 Å². The minimum absolute atomic E-state index is 0.0728. The summed E-state index contributed by atoms with van der Waals surface area (Å²) in [5, 5.41) is 56.8. The first-order chi connectivity index (χ1) is 10.3. The molecule has 0 radical (unpaired) electrons. The standard InChI is InChI=1S/C12H14NO9/c14-7-8(15)10(11(17)18)22-12(9(7)16)21-6-3-1-5(2-4-6)13(19)20/h1-4,7-10,12,14-16,19H,(H,17,18)/q-1/t7-,8-,9-,10+,12-/m0/s1. The Labute approximate surface area is 123 Å². The number of benzene rings is 1. The molecule has 0 aromatic heterocycles. The van der Waals surface area contributed by atoms with Crippen molar-refractivity contribution in [3.05, 3.63) is 29.5 Å². The number of anilines is 1. The number of aliphatic carboxylic acids is 1. The molecule has 10 heteroatoms. The largest absolute Gasteiger partial charge is 0.733 e. The van der Waals surface area contributed by atoms with Gasteiger partial charge in [0.25, 0.3) is 0 Å². The van der Waals surface area contributed by atoms with Gasteiger partial charge in [-0.05, 0) is 24.3 Å². The number of hydrogen-bond acceptors (Lipinski definition) is 9. The van der Waals surface area contributed by atoms with E-state index in [9.17, 15) is 25.3 Å². The van der Waals surface area contributed by atoms with Crippen LogP contribution in [-0.4, -0.2) is 62.3 Å². The lowest BCUT2D eigenvalue weighted by atomic mass is 9.99. The van der Waals surface area contributed by atoms with Crippen LogP contribution in [0.1, 0.15) is 0 Å². The quantitative estimate of drug-likeness (QED) is 0.420. The molecule has 0 spiro atoms. The molecule has 1 aliphatic heterocycles. The highest BCUT2D eigenvalue weighted by Gasteiger charge is 2.48. The highest BCUT2D eigenvalue weighted by molar-refractivity contribution is 5.73. The fourth-order valence-corrected chi connectivity index (χ4v) is 1.94. The van der Waals surface area contributed by atoms with Gasteiger partial charge in [0.05, 0.1) is 5.69 Å². The molecule has 1 heterocycles. The number of carboxylic acid groups (broad SMARTS) is 1. The fourth-order valence-electron chi connectivity index (χ4n) is 1.94. The molecule has 1 aliphatic rings. The predicted molar refractivity (Wildman–Crippen MR) is 69.0 cm³/mol. The topological polar surface area (TPSA) is 163 Å². The van der Waals surface area contributed by atoms with E-state index in [-0.39, 0.29) is 16.7 Å². The summed E-state index contributed by atoms with van der Waals surface area (Å²) >= 11 is 0. The number of aliphatic hydroxyl groups excluding tert-OH is 3. The second kappa shape index (κ2) is 6.44. The number of carbonyl (C=O) groups is 1. The van der Waals surface area contributed by atoms with Gasteiger partial charge in [0, 0.05) is 0 Å². The van der Waals surface area contributed by atoms with Crippen molar-refractivity contribution in [1.82, 2.24) is 0 Å². The van der Waals surface area contributed by atoms with E-state index < -0.39 is 36.7 Å². The van der Waals surface area contributed by atoms with Crippen LogP contribution >= 0.6 is 0 Å². The average Bonchev–Trinajstić information content (AvgIpc) is 2.48. The molecule has 1 aromatic rings. The maximum Gasteiger partial charge on any atom is 0.335 e. The van der Waals surface area contributed by atoms with Crippen molar-refractivity contribution in [2.24, 2.45) is 0 Å². The number of aliphatic hydroxyl groups is 3. The maximum absolute atomic E-state index is 10.9. The van der Waals surface area contributed by atoms with Crippen molar-refractivity contribution in [3.63, 3.8) is 0 Å². The van der Waals surface area contributed by atoms with E-state index in [1.165, 1.54) is 24.3 Å². The van der Waals surface area contributed by atoms with Gasteiger partial charge in [-0.15, -0.1) is 0 Å². The number of carboxylic acids is 1. The van der Waals surface area contributed by atoms with Crippen molar-refractivity contribution in [1.29, 1.82) is 0 Å². The third-order valence-electron chi connectivity index (χ3n) is 3.12. The molecule has 1 saturated heterocycles. The van der Waals surface area contributed by atoms with Crippen LogP contribution in [0.4, 0.5) is 5.69 Å². The minimum Gasteiger partial charge on any atom is -0.733 e. The Morgan fingerprint density at radius 1 is 1.14 bits per heavy atom. The number of rotatable bonds is 4. The zero-order chi connectivity index (χ0) is 16.4. The van der Waals surface area contributed by atoms with Crippen molar-refractivity contribution in [2.75, 3.05) is 5.23 Å². The lowest BCUT2D eigenvalue weighted by Crippen LogP contribution is -2.61. The average molecular weight is 316 g/mol. The van der Waals surface area contributed by atoms with E-state index in [4.69, 9.17) is 19.8 Å². The Kier molecular flexibility index (Phi) is 4.81. The van der Waals surface area contributed by atoms with Gasteiger partial charge in [0.1, 0.15) is 24.1 Å². The van der Waals surface area contributed by atoms with E-state index >= 15 is 0 Å². The normalized spacial score (nSPS) is 31.6. The van der Waals surface area contributed by atoms with Crippen LogP contribution in [0.3, 0.4) is 0 Å². The molecule has 0 saturated carbocycles. The minimum atomic E-state index is -1.81. The summed E-state index contributed by atoms with van der Waals surface area (Å²) in [7, 11) is 0. The van der Waals surface area contributed by atoms with E-state index in [1.807, 2.05) is 0 Å². The van der Waals surface area contributed by atoms with Gasteiger partial charge in [-0.25, -0.2) is 4.79 Å². The van der Waals surface area contributed by atoms with Crippen LogP contribution in [0.15, 0.2) is 24.3 Å². The maximum atomic E-state index is 10.9. The molecule has 10 nitrogen and oxygen atoms in total. The Hall–Kier alpha value is -1.95. The van der Waals surface area contributed by atoms with Crippen LogP contribution in [0.25, 0.3) is 0 Å². The molecule has 22 heavy (non-hydrogen) atoms. The van der Waals surface area contributed by atoms with Crippen LogP contribution in [-0.2, 0) is 9.53 Å². The fraction of sp³-hybridized carbons (Fsp3) is 0.417. The van der Waals surface area contributed by atoms with Gasteiger partial charge in [0.15, 0.2) is 6.10 Å². The van der Waals surface area contributed by atoms with E-state index in [0.717, 1.165) is 0 Å². The summed E-state index contributed by atoms with van der Waals surface area (Å²) < 4.78 is 10.1. The van der Waals surface area contributed by atoms with Gasteiger partial charge in [0.2, 0.25) is 6.29 Å². The van der Waals surface area contributed by atoms with Gasteiger partial charge < -0.3 is 40.3 Å². The highest BCUT2D eigenvalue weighted by Crippen LogP contribution is 2.25. The molecule has 5 N–H and O–H groups in total. The van der Waals surface area contributed by atoms with Crippen molar-refractivity contribution in [3.8, 4) is 5.75 Å². The second-order valence-corrected chi connectivity index (χ2v) is 4.62. The first-order valence-electron chi connectivity index (χ1n) is 6.16. The van der Waals surface area contributed by atoms with Crippen LogP contribution in [0.2, 0.25) is 0 Å². The second-order valence-electron chi connectivity index (χ2n) is 4.62. The Morgan fingerprint density at radius 3 is 2.23 bits per heavy atom. The Balaban J connectivity index is 2.11.